The zero-order valence-corrected chi connectivity index (χ0v) is 15.8. The van der Waals surface area contributed by atoms with Gasteiger partial charge in [0, 0.05) is 17.1 Å². The van der Waals surface area contributed by atoms with E-state index in [9.17, 15) is 0 Å². The molecular formula is C19H25Cl2NO2. The van der Waals surface area contributed by atoms with Crippen LogP contribution in [0, 0.1) is 0 Å². The zero-order valence-electron chi connectivity index (χ0n) is 14.2. The summed E-state index contributed by atoms with van der Waals surface area (Å²) in [7, 11) is 1.67. The predicted molar refractivity (Wildman–Crippen MR) is 103 cm³/mol. The smallest absolute Gasteiger partial charge is 0.166 e. The summed E-state index contributed by atoms with van der Waals surface area (Å²) in [5.41, 5.74) is 2.18. The molecule has 24 heavy (non-hydrogen) atoms. The maximum absolute atomic E-state index is 6.03. The van der Waals surface area contributed by atoms with Crippen LogP contribution in [-0.4, -0.2) is 13.7 Å². The van der Waals surface area contributed by atoms with Gasteiger partial charge in [-0.25, -0.2) is 0 Å². The summed E-state index contributed by atoms with van der Waals surface area (Å²) in [6.07, 6.45) is 2.36. The van der Waals surface area contributed by atoms with Crippen LogP contribution >= 0.6 is 24.0 Å². The largest absolute Gasteiger partial charge is 0.493 e. The van der Waals surface area contributed by atoms with Gasteiger partial charge in [0.05, 0.1) is 7.11 Å². The van der Waals surface area contributed by atoms with Crippen LogP contribution in [0.2, 0.25) is 5.02 Å². The normalized spacial score (nSPS) is 10.1. The molecule has 0 radical (unpaired) electrons. The van der Waals surface area contributed by atoms with Crippen molar-refractivity contribution in [2.24, 2.45) is 0 Å². The Morgan fingerprint density at radius 2 is 1.83 bits per heavy atom. The lowest BCUT2D eigenvalue weighted by atomic mass is 10.1. The third-order valence-corrected chi connectivity index (χ3v) is 3.85. The van der Waals surface area contributed by atoms with Crippen molar-refractivity contribution in [1.82, 2.24) is 5.32 Å². The number of hydrogen-bond donors (Lipinski definition) is 1. The molecule has 2 rings (SSSR count). The molecule has 0 aromatic heterocycles. The van der Waals surface area contributed by atoms with Crippen molar-refractivity contribution >= 4 is 24.0 Å². The minimum Gasteiger partial charge on any atom is -0.493 e. The van der Waals surface area contributed by atoms with Gasteiger partial charge in [-0.3, -0.25) is 0 Å². The van der Waals surface area contributed by atoms with Crippen LogP contribution in [0.1, 0.15) is 30.9 Å². The number of ether oxygens (including phenoxy) is 2. The number of methoxy groups -OCH3 is 1. The molecule has 0 bridgehead atoms. The first kappa shape index (κ1) is 20.6. The van der Waals surface area contributed by atoms with Gasteiger partial charge in [-0.2, -0.15) is 0 Å². The van der Waals surface area contributed by atoms with E-state index in [0.717, 1.165) is 40.7 Å². The summed E-state index contributed by atoms with van der Waals surface area (Å²) in [5.74, 6) is 1.56. The summed E-state index contributed by atoms with van der Waals surface area (Å²) < 4.78 is 11.5. The average molecular weight is 370 g/mol. The van der Waals surface area contributed by atoms with Crippen LogP contribution in [-0.2, 0) is 13.2 Å². The highest BCUT2D eigenvalue weighted by Gasteiger charge is 2.10. The summed E-state index contributed by atoms with van der Waals surface area (Å²) in [6.45, 7) is 4.45. The van der Waals surface area contributed by atoms with Crippen LogP contribution in [0.5, 0.6) is 11.5 Å². The maximum Gasteiger partial charge on any atom is 0.166 e. The molecule has 0 aliphatic rings. The highest BCUT2D eigenvalue weighted by molar-refractivity contribution is 6.30. The lowest BCUT2D eigenvalue weighted by Crippen LogP contribution is -2.15. The van der Waals surface area contributed by atoms with Crippen LogP contribution in [0.3, 0.4) is 0 Å². The quantitative estimate of drug-likeness (QED) is 0.613. The molecule has 0 aliphatic carbocycles. The van der Waals surface area contributed by atoms with Gasteiger partial charge in [0.25, 0.3) is 0 Å². The van der Waals surface area contributed by atoms with Crippen LogP contribution in [0.15, 0.2) is 42.5 Å². The topological polar surface area (TPSA) is 30.5 Å². The summed E-state index contributed by atoms with van der Waals surface area (Å²) in [5, 5.41) is 4.18. The first-order valence-corrected chi connectivity index (χ1v) is 8.36. The average Bonchev–Trinajstić information content (AvgIpc) is 2.58. The van der Waals surface area contributed by atoms with Gasteiger partial charge in [-0.15, -0.1) is 12.4 Å². The predicted octanol–water partition coefficient (Wildman–Crippen LogP) is 5.24. The van der Waals surface area contributed by atoms with E-state index in [1.54, 1.807) is 7.11 Å². The molecule has 2 aromatic rings. The van der Waals surface area contributed by atoms with Gasteiger partial charge in [0.15, 0.2) is 11.5 Å². The summed E-state index contributed by atoms with van der Waals surface area (Å²) >= 11 is 5.92. The fraction of sp³-hybridized carbons (Fsp3) is 0.368. The second-order valence-electron chi connectivity index (χ2n) is 5.39. The third-order valence-electron chi connectivity index (χ3n) is 3.60. The SMILES string of the molecule is CCCCNCc1cccc(OC)c1OCc1ccc(Cl)cc1.Cl. The van der Waals surface area contributed by atoms with Crippen molar-refractivity contribution in [3.05, 3.63) is 58.6 Å². The van der Waals surface area contributed by atoms with Crippen LogP contribution in [0.25, 0.3) is 0 Å². The fourth-order valence-electron chi connectivity index (χ4n) is 2.29. The van der Waals surface area contributed by atoms with E-state index in [0.29, 0.717) is 6.61 Å². The van der Waals surface area contributed by atoms with E-state index in [4.69, 9.17) is 21.1 Å². The third kappa shape index (κ3) is 6.23. The van der Waals surface area contributed by atoms with Gasteiger partial charge in [-0.05, 0) is 36.7 Å². The van der Waals surface area contributed by atoms with Crippen molar-refractivity contribution in [3.63, 3.8) is 0 Å². The van der Waals surface area contributed by atoms with Crippen molar-refractivity contribution < 1.29 is 9.47 Å². The van der Waals surface area contributed by atoms with Crippen molar-refractivity contribution in [2.75, 3.05) is 13.7 Å². The number of hydrogen-bond acceptors (Lipinski definition) is 3. The summed E-state index contributed by atoms with van der Waals surface area (Å²) in [6, 6.07) is 13.7. The Labute approximate surface area is 155 Å². The molecule has 0 spiro atoms. The molecule has 0 unspecified atom stereocenters. The maximum atomic E-state index is 6.03. The lowest BCUT2D eigenvalue weighted by Gasteiger charge is -2.15. The number of rotatable bonds is 9. The molecule has 0 aliphatic heterocycles. The van der Waals surface area contributed by atoms with E-state index in [-0.39, 0.29) is 12.4 Å². The molecule has 2 aromatic carbocycles. The highest BCUT2D eigenvalue weighted by Crippen LogP contribution is 2.31. The minimum absolute atomic E-state index is 0. The number of nitrogens with one attached hydrogen (secondary N) is 1. The Bertz CT molecular complexity index is 603. The lowest BCUT2D eigenvalue weighted by molar-refractivity contribution is 0.280. The standard InChI is InChI=1S/C19H24ClNO2.ClH/c1-3-4-12-21-13-16-6-5-7-18(22-2)19(16)23-14-15-8-10-17(20)11-9-15;/h5-11,21H,3-4,12-14H2,1-2H3;1H. The molecule has 0 saturated carbocycles. The van der Waals surface area contributed by atoms with Gasteiger partial charge in [0.2, 0.25) is 0 Å². The first-order chi connectivity index (χ1) is 11.2. The molecule has 0 fully saturated rings. The Balaban J connectivity index is 0.00000288. The molecule has 0 heterocycles. The van der Waals surface area contributed by atoms with Crippen LogP contribution in [0.4, 0.5) is 0 Å². The second kappa shape index (κ2) is 11.2. The van der Waals surface area contributed by atoms with E-state index in [1.807, 2.05) is 36.4 Å². The monoisotopic (exact) mass is 369 g/mol. The van der Waals surface area contributed by atoms with E-state index in [2.05, 4.69) is 18.3 Å². The second-order valence-corrected chi connectivity index (χ2v) is 5.83. The molecule has 0 atom stereocenters. The number of halogens is 2. The van der Waals surface area contributed by atoms with Crippen molar-refractivity contribution in [2.45, 2.75) is 32.9 Å². The Morgan fingerprint density at radius 3 is 2.50 bits per heavy atom. The fourth-order valence-corrected chi connectivity index (χ4v) is 2.41. The first-order valence-electron chi connectivity index (χ1n) is 7.98. The Morgan fingerprint density at radius 1 is 1.08 bits per heavy atom. The number of unbranched alkanes of at least 4 members (excludes halogenated alkanes) is 1. The van der Waals surface area contributed by atoms with E-state index in [1.165, 1.54) is 12.8 Å². The van der Waals surface area contributed by atoms with Gasteiger partial charge >= 0.3 is 0 Å². The molecule has 1 N–H and O–H groups in total. The molecule has 3 nitrogen and oxygen atoms in total. The number of para-hydroxylation sites is 1. The van der Waals surface area contributed by atoms with Gasteiger partial charge < -0.3 is 14.8 Å². The molecule has 5 heteroatoms. The van der Waals surface area contributed by atoms with Crippen molar-refractivity contribution in [1.29, 1.82) is 0 Å². The molecular weight excluding hydrogens is 345 g/mol. The molecule has 0 saturated heterocycles. The van der Waals surface area contributed by atoms with E-state index >= 15 is 0 Å². The van der Waals surface area contributed by atoms with Crippen molar-refractivity contribution in [3.8, 4) is 11.5 Å². The Kier molecular flexibility index (Phi) is 9.62. The minimum atomic E-state index is 0. The molecule has 132 valence electrons. The number of benzene rings is 2. The van der Waals surface area contributed by atoms with Crippen LogP contribution < -0.4 is 14.8 Å². The zero-order chi connectivity index (χ0) is 16.5. The molecule has 0 amide bonds. The Hall–Kier alpha value is -1.42. The van der Waals surface area contributed by atoms with Gasteiger partial charge in [-0.1, -0.05) is 49.2 Å². The highest BCUT2D eigenvalue weighted by atomic mass is 35.5. The van der Waals surface area contributed by atoms with E-state index < -0.39 is 0 Å². The summed E-state index contributed by atoms with van der Waals surface area (Å²) in [4.78, 5) is 0. The van der Waals surface area contributed by atoms with Gasteiger partial charge in [0.1, 0.15) is 6.61 Å².